The summed E-state index contributed by atoms with van der Waals surface area (Å²) in [5.74, 6) is -1.36. The number of amides is 1. The Bertz CT molecular complexity index is 261. The quantitative estimate of drug-likeness (QED) is 0.576. The molecule has 5 nitrogen and oxygen atoms in total. The van der Waals surface area contributed by atoms with E-state index in [-0.39, 0.29) is 11.5 Å². The molecule has 0 aliphatic heterocycles. The molecule has 0 bridgehead atoms. The smallest absolute Gasteiger partial charge is 0.221 e. The number of carbonyl (C=O) groups is 1. The zero-order valence-electron chi connectivity index (χ0n) is 7.69. The molecule has 0 aliphatic rings. The molecule has 6 heteroatoms. The Morgan fingerprint density at radius 3 is 2.38 bits per heavy atom. The summed E-state index contributed by atoms with van der Waals surface area (Å²) in [5, 5.41) is 0. The topological polar surface area (TPSA) is 103 Å². The Balaban J connectivity index is 4.10. The van der Waals surface area contributed by atoms with Gasteiger partial charge in [0.1, 0.15) is 0 Å². The van der Waals surface area contributed by atoms with Gasteiger partial charge in [0, 0.05) is 5.92 Å². The average Bonchev–Trinajstić information content (AvgIpc) is 2.00. The highest BCUT2D eigenvalue weighted by Crippen LogP contribution is 2.02. The third kappa shape index (κ3) is 5.59. The minimum atomic E-state index is -3.17. The molecule has 0 heterocycles. The van der Waals surface area contributed by atoms with E-state index in [4.69, 9.17) is 11.5 Å². The van der Waals surface area contributed by atoms with Crippen LogP contribution in [0.25, 0.3) is 0 Å². The molecule has 0 rings (SSSR count). The van der Waals surface area contributed by atoms with Gasteiger partial charge in [-0.15, -0.1) is 0 Å². The zero-order chi connectivity index (χ0) is 10.5. The second-order valence-electron chi connectivity index (χ2n) is 3.06. The summed E-state index contributed by atoms with van der Waals surface area (Å²) < 4.78 is 22.5. The van der Waals surface area contributed by atoms with Crippen molar-refractivity contribution in [3.63, 3.8) is 0 Å². The normalized spacial score (nSPS) is 14.0. The number of rotatable bonds is 6. The van der Waals surface area contributed by atoms with Crippen LogP contribution in [0.5, 0.6) is 0 Å². The van der Waals surface area contributed by atoms with Gasteiger partial charge in [-0.3, -0.25) is 4.79 Å². The first-order valence-corrected chi connectivity index (χ1v) is 5.91. The van der Waals surface area contributed by atoms with E-state index in [9.17, 15) is 13.2 Å². The fourth-order valence-electron chi connectivity index (χ4n) is 0.850. The lowest BCUT2D eigenvalue weighted by atomic mass is 10.2. The van der Waals surface area contributed by atoms with E-state index in [2.05, 4.69) is 0 Å². The zero-order valence-corrected chi connectivity index (χ0v) is 8.51. The molecule has 0 spiro atoms. The van der Waals surface area contributed by atoms with Crippen LogP contribution in [0.4, 0.5) is 0 Å². The minimum Gasteiger partial charge on any atom is -0.369 e. The van der Waals surface area contributed by atoms with Gasteiger partial charge in [-0.25, -0.2) is 8.42 Å². The summed E-state index contributed by atoms with van der Waals surface area (Å²) in [4.78, 5) is 10.6. The minimum absolute atomic E-state index is 0.0289. The Morgan fingerprint density at radius 2 is 2.00 bits per heavy atom. The number of nitrogens with two attached hydrogens (primary N) is 2. The molecule has 1 unspecified atom stereocenters. The van der Waals surface area contributed by atoms with Crippen molar-refractivity contribution in [1.29, 1.82) is 0 Å². The van der Waals surface area contributed by atoms with Crippen molar-refractivity contribution in [3.8, 4) is 0 Å². The lowest BCUT2D eigenvalue weighted by molar-refractivity contribution is -0.120. The molecule has 13 heavy (non-hydrogen) atoms. The lowest BCUT2D eigenvalue weighted by Gasteiger charge is -2.07. The van der Waals surface area contributed by atoms with Crippen LogP contribution in [0.1, 0.15) is 13.3 Å². The van der Waals surface area contributed by atoms with Gasteiger partial charge in [-0.05, 0) is 13.0 Å². The molecule has 0 aromatic rings. The summed E-state index contributed by atoms with van der Waals surface area (Å²) >= 11 is 0. The first-order chi connectivity index (χ1) is 5.89. The Hall–Kier alpha value is -0.620. The fourth-order valence-corrected chi connectivity index (χ4v) is 2.55. The van der Waals surface area contributed by atoms with E-state index in [1.54, 1.807) is 0 Å². The van der Waals surface area contributed by atoms with Crippen LogP contribution in [0.3, 0.4) is 0 Å². The molecule has 0 fully saturated rings. The third-order valence-electron chi connectivity index (χ3n) is 1.65. The van der Waals surface area contributed by atoms with E-state index in [1.165, 1.54) is 6.92 Å². The Kier molecular flexibility index (Phi) is 4.94. The monoisotopic (exact) mass is 208 g/mol. The molecule has 0 saturated heterocycles. The van der Waals surface area contributed by atoms with Crippen molar-refractivity contribution in [2.75, 3.05) is 18.1 Å². The van der Waals surface area contributed by atoms with E-state index in [0.717, 1.165) is 0 Å². The standard InChI is InChI=1S/C7H16N2O3S/c1-6(7(9)10)5-13(11,12)4-2-3-8/h6H,2-5,8H2,1H3,(H2,9,10). The second-order valence-corrected chi connectivity index (χ2v) is 5.29. The maximum Gasteiger partial charge on any atom is 0.221 e. The van der Waals surface area contributed by atoms with Gasteiger partial charge in [0.15, 0.2) is 9.84 Å². The first-order valence-electron chi connectivity index (χ1n) is 4.09. The largest absolute Gasteiger partial charge is 0.369 e. The highest BCUT2D eigenvalue weighted by molar-refractivity contribution is 7.91. The predicted molar refractivity (Wildman–Crippen MR) is 50.7 cm³/mol. The Labute approximate surface area is 78.4 Å². The van der Waals surface area contributed by atoms with Crippen LogP contribution in [-0.4, -0.2) is 32.4 Å². The van der Waals surface area contributed by atoms with Crippen molar-refractivity contribution in [3.05, 3.63) is 0 Å². The summed E-state index contributed by atoms with van der Waals surface area (Å²) in [7, 11) is -3.17. The van der Waals surface area contributed by atoms with Gasteiger partial charge in [0.25, 0.3) is 0 Å². The van der Waals surface area contributed by atoms with Crippen molar-refractivity contribution in [2.45, 2.75) is 13.3 Å². The second kappa shape index (κ2) is 5.18. The van der Waals surface area contributed by atoms with E-state index >= 15 is 0 Å². The van der Waals surface area contributed by atoms with Gasteiger partial charge in [0.05, 0.1) is 11.5 Å². The Morgan fingerprint density at radius 1 is 1.46 bits per heavy atom. The predicted octanol–water partition coefficient (Wildman–Crippen LogP) is -1.13. The van der Waals surface area contributed by atoms with Crippen molar-refractivity contribution in [2.24, 2.45) is 17.4 Å². The van der Waals surface area contributed by atoms with Crippen LogP contribution in [-0.2, 0) is 14.6 Å². The van der Waals surface area contributed by atoms with Crippen LogP contribution >= 0.6 is 0 Å². The maximum atomic E-state index is 11.2. The van der Waals surface area contributed by atoms with Crippen LogP contribution in [0, 0.1) is 5.92 Å². The summed E-state index contributed by atoms with van der Waals surface area (Å²) in [6.45, 7) is 1.84. The average molecular weight is 208 g/mol. The molecule has 0 radical (unpaired) electrons. The van der Waals surface area contributed by atoms with E-state index < -0.39 is 21.7 Å². The maximum absolute atomic E-state index is 11.2. The molecular formula is C7H16N2O3S. The van der Waals surface area contributed by atoms with Crippen molar-refractivity contribution in [1.82, 2.24) is 0 Å². The molecule has 1 atom stereocenters. The number of sulfone groups is 1. The molecule has 0 aliphatic carbocycles. The molecule has 78 valence electrons. The number of primary amides is 1. The van der Waals surface area contributed by atoms with Crippen molar-refractivity contribution < 1.29 is 13.2 Å². The van der Waals surface area contributed by atoms with E-state index in [0.29, 0.717) is 13.0 Å². The van der Waals surface area contributed by atoms with Gasteiger partial charge in [-0.2, -0.15) is 0 Å². The molecule has 1 amide bonds. The number of hydrogen-bond donors (Lipinski definition) is 2. The molecule has 0 saturated carbocycles. The first kappa shape index (κ1) is 12.4. The van der Waals surface area contributed by atoms with Gasteiger partial charge in [0.2, 0.25) is 5.91 Å². The number of carbonyl (C=O) groups excluding carboxylic acids is 1. The number of hydrogen-bond acceptors (Lipinski definition) is 4. The molecular weight excluding hydrogens is 192 g/mol. The highest BCUT2D eigenvalue weighted by Gasteiger charge is 2.18. The SMILES string of the molecule is CC(CS(=O)(=O)CCCN)C(N)=O. The van der Waals surface area contributed by atoms with Gasteiger partial charge >= 0.3 is 0 Å². The van der Waals surface area contributed by atoms with Gasteiger partial charge in [-0.1, -0.05) is 6.92 Å². The van der Waals surface area contributed by atoms with Crippen LogP contribution < -0.4 is 11.5 Å². The summed E-state index contributed by atoms with van der Waals surface area (Å²) in [6.07, 6.45) is 0.424. The fraction of sp³-hybridized carbons (Fsp3) is 0.857. The summed E-state index contributed by atoms with van der Waals surface area (Å²) in [6, 6.07) is 0. The molecule has 0 aromatic heterocycles. The van der Waals surface area contributed by atoms with Crippen LogP contribution in [0.2, 0.25) is 0 Å². The third-order valence-corrected chi connectivity index (χ3v) is 3.57. The summed E-state index contributed by atoms with van der Waals surface area (Å²) in [5.41, 5.74) is 10.1. The van der Waals surface area contributed by atoms with Crippen molar-refractivity contribution >= 4 is 15.7 Å². The lowest BCUT2D eigenvalue weighted by Crippen LogP contribution is -2.28. The highest BCUT2D eigenvalue weighted by atomic mass is 32.2. The van der Waals surface area contributed by atoms with Crippen LogP contribution in [0.15, 0.2) is 0 Å². The van der Waals surface area contributed by atoms with Gasteiger partial charge < -0.3 is 11.5 Å². The van der Waals surface area contributed by atoms with E-state index in [1.807, 2.05) is 0 Å². The molecule has 4 N–H and O–H groups in total. The molecule has 0 aromatic carbocycles.